The molecule has 100 valence electrons. The van der Waals surface area contributed by atoms with Crippen molar-refractivity contribution in [3.63, 3.8) is 0 Å². The number of sulfonamides is 1. The van der Waals surface area contributed by atoms with Crippen LogP contribution in [0, 0.1) is 11.6 Å². The van der Waals surface area contributed by atoms with Gasteiger partial charge in [-0.2, -0.15) is 0 Å². The lowest BCUT2D eigenvalue weighted by molar-refractivity contribution is 0.0946. The summed E-state index contributed by atoms with van der Waals surface area (Å²) >= 11 is 2.69. The van der Waals surface area contributed by atoms with Crippen LogP contribution in [0.1, 0.15) is 17.3 Å². The van der Waals surface area contributed by atoms with Crippen LogP contribution in [0.15, 0.2) is 15.4 Å². The molecule has 0 aliphatic rings. The second-order valence-corrected chi connectivity index (χ2v) is 5.62. The summed E-state index contributed by atoms with van der Waals surface area (Å²) < 4.78 is 49.3. The Morgan fingerprint density at radius 3 is 2.50 bits per heavy atom. The number of halogens is 3. The summed E-state index contributed by atoms with van der Waals surface area (Å²) in [6.07, 6.45) is 0. The summed E-state index contributed by atoms with van der Waals surface area (Å²) in [6, 6.07) is 0.674. The average molecular weight is 343 g/mol. The van der Waals surface area contributed by atoms with Gasteiger partial charge in [-0.1, -0.05) is 0 Å². The second kappa shape index (κ2) is 5.29. The summed E-state index contributed by atoms with van der Waals surface area (Å²) in [4.78, 5) is 10.5. The zero-order valence-corrected chi connectivity index (χ0v) is 11.5. The van der Waals surface area contributed by atoms with Crippen LogP contribution in [0.5, 0.6) is 0 Å². The van der Waals surface area contributed by atoms with Crippen molar-refractivity contribution in [3.05, 3.63) is 27.7 Å². The predicted molar refractivity (Wildman–Crippen MR) is 63.4 cm³/mol. The number of hydrogen-bond acceptors (Lipinski definition) is 3. The number of nitrogens with two attached hydrogens (primary N) is 1. The smallest absolute Gasteiger partial charge is 0.257 e. The monoisotopic (exact) mass is 342 g/mol. The Hall–Kier alpha value is -1.06. The van der Waals surface area contributed by atoms with E-state index in [1.807, 2.05) is 0 Å². The highest BCUT2D eigenvalue weighted by molar-refractivity contribution is 9.10. The number of carbonyl (C=O) groups is 1. The van der Waals surface area contributed by atoms with E-state index in [1.165, 1.54) is 0 Å². The topological polar surface area (TPSA) is 89.3 Å². The minimum absolute atomic E-state index is 0.137. The largest absolute Gasteiger partial charge is 0.352 e. The van der Waals surface area contributed by atoms with Gasteiger partial charge in [0.2, 0.25) is 10.0 Å². The molecule has 3 N–H and O–H groups in total. The molecule has 9 heteroatoms. The van der Waals surface area contributed by atoms with Gasteiger partial charge < -0.3 is 5.32 Å². The van der Waals surface area contributed by atoms with Gasteiger partial charge in [-0.05, 0) is 28.9 Å². The first kappa shape index (κ1) is 15.0. The second-order valence-electron chi connectivity index (χ2n) is 3.26. The van der Waals surface area contributed by atoms with Gasteiger partial charge in [0.05, 0.1) is 0 Å². The highest BCUT2D eigenvalue weighted by Gasteiger charge is 2.28. The molecule has 0 fully saturated rings. The Labute approximate surface area is 111 Å². The molecule has 0 saturated carbocycles. The lowest BCUT2D eigenvalue weighted by atomic mass is 10.2. The molecule has 0 atom stereocenters. The standard InChI is InChI=1S/C9H9BrF2N2O3S/c1-2-14-9(15)6-5(11)3-4(10)8(7(6)12)18(13,16)17/h3H,2H2,1H3,(H,14,15)(H2,13,16,17). The van der Waals surface area contributed by atoms with Gasteiger partial charge in [-0.3, -0.25) is 4.79 Å². The van der Waals surface area contributed by atoms with Crippen LogP contribution < -0.4 is 10.5 Å². The van der Waals surface area contributed by atoms with Crippen LogP contribution in [0.3, 0.4) is 0 Å². The maximum atomic E-state index is 13.9. The predicted octanol–water partition coefficient (Wildman–Crippen LogP) is 1.12. The van der Waals surface area contributed by atoms with Gasteiger partial charge in [0.25, 0.3) is 5.91 Å². The summed E-state index contributed by atoms with van der Waals surface area (Å²) in [5, 5.41) is 6.97. The van der Waals surface area contributed by atoms with Crippen molar-refractivity contribution in [1.82, 2.24) is 5.32 Å². The van der Waals surface area contributed by atoms with E-state index in [4.69, 9.17) is 5.14 Å². The quantitative estimate of drug-likeness (QED) is 0.862. The highest BCUT2D eigenvalue weighted by Crippen LogP contribution is 2.28. The van der Waals surface area contributed by atoms with Gasteiger partial charge in [-0.25, -0.2) is 22.3 Å². The van der Waals surface area contributed by atoms with E-state index < -0.39 is 38.0 Å². The minimum Gasteiger partial charge on any atom is -0.352 e. The number of carbonyl (C=O) groups excluding carboxylic acids is 1. The Morgan fingerprint density at radius 1 is 1.50 bits per heavy atom. The molecule has 5 nitrogen and oxygen atoms in total. The molecule has 0 radical (unpaired) electrons. The van der Waals surface area contributed by atoms with Gasteiger partial charge in [0.15, 0.2) is 5.82 Å². The molecular weight excluding hydrogens is 334 g/mol. The fraction of sp³-hybridized carbons (Fsp3) is 0.222. The Bertz CT molecular complexity index is 604. The maximum Gasteiger partial charge on any atom is 0.257 e. The van der Waals surface area contributed by atoms with E-state index in [2.05, 4.69) is 21.2 Å². The van der Waals surface area contributed by atoms with Crippen LogP contribution in [0.2, 0.25) is 0 Å². The van der Waals surface area contributed by atoms with Gasteiger partial charge in [0.1, 0.15) is 16.3 Å². The van der Waals surface area contributed by atoms with Crippen LogP contribution in [0.4, 0.5) is 8.78 Å². The molecule has 0 heterocycles. The Morgan fingerprint density at radius 2 is 2.06 bits per heavy atom. The summed E-state index contributed by atoms with van der Waals surface area (Å²) in [5.74, 6) is -3.75. The Kier molecular flexibility index (Phi) is 4.41. The molecule has 0 aromatic heterocycles. The van der Waals surface area contributed by atoms with Crippen LogP contribution in [-0.4, -0.2) is 20.9 Å². The fourth-order valence-electron chi connectivity index (χ4n) is 1.29. The lowest BCUT2D eigenvalue weighted by Gasteiger charge is -2.10. The molecule has 1 aromatic rings. The van der Waals surface area contributed by atoms with Gasteiger partial charge in [-0.15, -0.1) is 0 Å². The number of amides is 1. The van der Waals surface area contributed by atoms with E-state index in [1.54, 1.807) is 6.92 Å². The van der Waals surface area contributed by atoms with Crippen molar-refractivity contribution in [2.75, 3.05) is 6.54 Å². The molecule has 0 bridgehead atoms. The third-order valence-corrected chi connectivity index (χ3v) is 3.83. The fourth-order valence-corrected chi connectivity index (χ4v) is 3.02. The highest BCUT2D eigenvalue weighted by atomic mass is 79.9. The lowest BCUT2D eigenvalue weighted by Crippen LogP contribution is -2.27. The zero-order chi connectivity index (χ0) is 14.1. The molecule has 18 heavy (non-hydrogen) atoms. The number of nitrogens with one attached hydrogen (secondary N) is 1. The number of rotatable bonds is 3. The summed E-state index contributed by atoms with van der Waals surface area (Å²) in [5.41, 5.74) is -0.982. The van der Waals surface area contributed by atoms with E-state index in [0.717, 1.165) is 0 Å². The molecule has 1 aromatic carbocycles. The van der Waals surface area contributed by atoms with E-state index in [9.17, 15) is 22.0 Å². The first-order chi connectivity index (χ1) is 8.20. The number of benzene rings is 1. The first-order valence-corrected chi connectivity index (χ1v) is 7.02. The molecule has 0 aliphatic heterocycles. The molecule has 1 rings (SSSR count). The maximum absolute atomic E-state index is 13.9. The van der Waals surface area contributed by atoms with Crippen molar-refractivity contribution in [1.29, 1.82) is 0 Å². The summed E-state index contributed by atoms with van der Waals surface area (Å²) in [7, 11) is -4.42. The molecule has 0 aliphatic carbocycles. The van der Waals surface area contributed by atoms with Gasteiger partial charge in [0, 0.05) is 11.0 Å². The van der Waals surface area contributed by atoms with Gasteiger partial charge >= 0.3 is 0 Å². The van der Waals surface area contributed by atoms with Crippen LogP contribution in [-0.2, 0) is 10.0 Å². The van der Waals surface area contributed by atoms with Crippen molar-refractivity contribution < 1.29 is 22.0 Å². The van der Waals surface area contributed by atoms with Crippen molar-refractivity contribution in [2.45, 2.75) is 11.8 Å². The van der Waals surface area contributed by atoms with Crippen molar-refractivity contribution in [3.8, 4) is 0 Å². The number of hydrogen-bond donors (Lipinski definition) is 2. The molecular formula is C9H9BrF2N2O3S. The normalized spacial score (nSPS) is 11.4. The summed E-state index contributed by atoms with van der Waals surface area (Å²) in [6.45, 7) is 1.69. The third kappa shape index (κ3) is 2.85. The minimum atomic E-state index is -4.42. The van der Waals surface area contributed by atoms with Crippen molar-refractivity contribution in [2.24, 2.45) is 5.14 Å². The SMILES string of the molecule is CCNC(=O)c1c(F)cc(Br)c(S(N)(=O)=O)c1F. The zero-order valence-electron chi connectivity index (χ0n) is 9.13. The Balaban J connectivity index is 3.61. The molecule has 1 amide bonds. The van der Waals surface area contributed by atoms with Crippen molar-refractivity contribution >= 4 is 31.9 Å². The third-order valence-electron chi connectivity index (χ3n) is 1.98. The van der Waals surface area contributed by atoms with E-state index in [0.29, 0.717) is 6.07 Å². The van der Waals surface area contributed by atoms with E-state index in [-0.39, 0.29) is 11.0 Å². The molecule has 0 saturated heterocycles. The molecule has 0 unspecified atom stereocenters. The molecule has 0 spiro atoms. The first-order valence-electron chi connectivity index (χ1n) is 4.68. The van der Waals surface area contributed by atoms with Crippen LogP contribution >= 0.6 is 15.9 Å². The number of primary sulfonamides is 1. The van der Waals surface area contributed by atoms with Crippen LogP contribution in [0.25, 0.3) is 0 Å². The average Bonchev–Trinajstić information content (AvgIpc) is 2.13. The van der Waals surface area contributed by atoms with E-state index >= 15 is 0 Å².